The summed E-state index contributed by atoms with van der Waals surface area (Å²) in [6.45, 7) is 3.89. The van der Waals surface area contributed by atoms with Gasteiger partial charge >= 0.3 is 5.97 Å². The number of ether oxygens (including phenoxy) is 1. The highest BCUT2D eigenvalue weighted by Gasteiger charge is 2.26. The molecule has 0 aliphatic heterocycles. The lowest BCUT2D eigenvalue weighted by Crippen LogP contribution is -2.09. The minimum absolute atomic E-state index is 0.0163. The number of aryl methyl sites for hydroxylation is 1. The molecule has 0 radical (unpaired) electrons. The smallest absolute Gasteiger partial charge is 0.342 e. The van der Waals surface area contributed by atoms with Crippen molar-refractivity contribution in [2.24, 2.45) is 7.05 Å². The number of phenolic OH excluding ortho intramolecular Hbond substituents is 1. The van der Waals surface area contributed by atoms with E-state index in [2.05, 4.69) is 4.57 Å². The SMILES string of the molecule is CCOC(=O)c1c(C)c(-c2ccccc2)c2c(c1O)c1ccccc1n2C. The predicted octanol–water partition coefficient (Wildman–Crippen LogP) is 5.19. The molecule has 0 saturated carbocycles. The van der Waals surface area contributed by atoms with Crippen LogP contribution in [0.2, 0.25) is 0 Å². The van der Waals surface area contributed by atoms with Gasteiger partial charge in [0.25, 0.3) is 0 Å². The predicted molar refractivity (Wildman–Crippen MR) is 108 cm³/mol. The standard InChI is InChI=1S/C23H21NO3/c1-4-27-23(26)19-14(2)18(15-10-6-5-7-11-15)21-20(22(19)25)16-12-8-9-13-17(16)24(21)3/h5-13,25H,4H2,1-3H3. The molecule has 4 nitrogen and oxygen atoms in total. The topological polar surface area (TPSA) is 51.5 Å². The Bertz CT molecular complexity index is 1170. The number of hydrogen-bond donors (Lipinski definition) is 1. The molecular formula is C23H21NO3. The molecule has 0 fully saturated rings. The highest BCUT2D eigenvalue weighted by atomic mass is 16.5. The zero-order chi connectivity index (χ0) is 19.1. The van der Waals surface area contributed by atoms with Crippen LogP contribution in [0, 0.1) is 6.92 Å². The van der Waals surface area contributed by atoms with Crippen LogP contribution >= 0.6 is 0 Å². The molecule has 0 amide bonds. The average molecular weight is 359 g/mol. The Morgan fingerprint density at radius 1 is 1.07 bits per heavy atom. The van der Waals surface area contributed by atoms with Gasteiger partial charge in [-0.1, -0.05) is 48.5 Å². The Hall–Kier alpha value is -3.27. The van der Waals surface area contributed by atoms with Gasteiger partial charge in [-0.2, -0.15) is 0 Å². The van der Waals surface area contributed by atoms with Crippen molar-refractivity contribution in [3.8, 4) is 16.9 Å². The third-order valence-electron chi connectivity index (χ3n) is 5.11. The molecule has 4 rings (SSSR count). The normalized spacial score (nSPS) is 11.2. The summed E-state index contributed by atoms with van der Waals surface area (Å²) in [5.74, 6) is -0.517. The Morgan fingerprint density at radius 3 is 2.44 bits per heavy atom. The molecule has 1 aromatic heterocycles. The molecule has 1 heterocycles. The van der Waals surface area contributed by atoms with Crippen LogP contribution in [0.15, 0.2) is 54.6 Å². The molecule has 0 aliphatic carbocycles. The maximum Gasteiger partial charge on any atom is 0.342 e. The molecule has 0 unspecified atom stereocenters. The fraction of sp³-hybridized carbons (Fsp3) is 0.174. The van der Waals surface area contributed by atoms with Crippen molar-refractivity contribution in [2.75, 3.05) is 6.61 Å². The number of benzene rings is 3. The van der Waals surface area contributed by atoms with Gasteiger partial charge in [0.15, 0.2) is 0 Å². The minimum Gasteiger partial charge on any atom is -0.506 e. The molecular weight excluding hydrogens is 338 g/mol. The van der Waals surface area contributed by atoms with Gasteiger partial charge in [0, 0.05) is 23.5 Å². The summed E-state index contributed by atoms with van der Waals surface area (Å²) in [7, 11) is 1.99. The molecule has 4 heteroatoms. The number of carbonyl (C=O) groups is 1. The maximum absolute atomic E-state index is 12.7. The van der Waals surface area contributed by atoms with E-state index in [1.165, 1.54) is 0 Å². The molecule has 0 atom stereocenters. The van der Waals surface area contributed by atoms with Crippen LogP contribution in [-0.2, 0) is 11.8 Å². The zero-order valence-electron chi connectivity index (χ0n) is 15.6. The summed E-state index contributed by atoms with van der Waals surface area (Å²) in [5, 5.41) is 12.7. The molecule has 27 heavy (non-hydrogen) atoms. The lowest BCUT2D eigenvalue weighted by molar-refractivity contribution is 0.0522. The second-order valence-corrected chi connectivity index (χ2v) is 6.61. The second-order valence-electron chi connectivity index (χ2n) is 6.61. The van der Waals surface area contributed by atoms with Gasteiger partial charge in [-0.15, -0.1) is 0 Å². The fourth-order valence-electron chi connectivity index (χ4n) is 3.94. The number of aromatic nitrogens is 1. The van der Waals surface area contributed by atoms with Gasteiger partial charge in [-0.05, 0) is 31.0 Å². The summed E-state index contributed by atoms with van der Waals surface area (Å²) < 4.78 is 7.32. The molecule has 136 valence electrons. The van der Waals surface area contributed by atoms with Crippen molar-refractivity contribution in [2.45, 2.75) is 13.8 Å². The number of phenols is 1. The number of para-hydroxylation sites is 1. The fourth-order valence-corrected chi connectivity index (χ4v) is 3.94. The van der Waals surface area contributed by atoms with E-state index in [0.29, 0.717) is 5.39 Å². The molecule has 1 N–H and O–H groups in total. The highest BCUT2D eigenvalue weighted by Crippen LogP contribution is 2.45. The van der Waals surface area contributed by atoms with E-state index in [0.717, 1.165) is 33.1 Å². The van der Waals surface area contributed by atoms with Crippen LogP contribution in [0.5, 0.6) is 5.75 Å². The zero-order valence-corrected chi connectivity index (χ0v) is 15.6. The van der Waals surface area contributed by atoms with Crippen LogP contribution in [0.25, 0.3) is 32.9 Å². The third-order valence-corrected chi connectivity index (χ3v) is 5.11. The van der Waals surface area contributed by atoms with Crippen LogP contribution in [-0.4, -0.2) is 22.2 Å². The van der Waals surface area contributed by atoms with Gasteiger partial charge in [0.1, 0.15) is 11.3 Å². The van der Waals surface area contributed by atoms with Crippen LogP contribution in [0.4, 0.5) is 0 Å². The van der Waals surface area contributed by atoms with Gasteiger partial charge in [-0.3, -0.25) is 0 Å². The molecule has 0 saturated heterocycles. The van der Waals surface area contributed by atoms with E-state index < -0.39 is 5.97 Å². The Morgan fingerprint density at radius 2 is 1.74 bits per heavy atom. The first kappa shape index (κ1) is 17.2. The minimum atomic E-state index is -0.500. The first-order valence-corrected chi connectivity index (χ1v) is 9.01. The first-order chi connectivity index (χ1) is 13.1. The van der Waals surface area contributed by atoms with E-state index in [1.54, 1.807) is 6.92 Å². The average Bonchev–Trinajstić information content (AvgIpc) is 2.96. The Balaban J connectivity index is 2.25. The van der Waals surface area contributed by atoms with Crippen LogP contribution in [0.3, 0.4) is 0 Å². The van der Waals surface area contributed by atoms with E-state index in [4.69, 9.17) is 4.74 Å². The first-order valence-electron chi connectivity index (χ1n) is 9.01. The van der Waals surface area contributed by atoms with Gasteiger partial charge < -0.3 is 14.4 Å². The summed E-state index contributed by atoms with van der Waals surface area (Å²) in [6, 6.07) is 17.8. The number of carbonyl (C=O) groups excluding carboxylic acids is 1. The second kappa shape index (κ2) is 6.47. The van der Waals surface area contributed by atoms with Gasteiger partial charge in [-0.25, -0.2) is 4.79 Å². The van der Waals surface area contributed by atoms with Crippen molar-refractivity contribution in [3.63, 3.8) is 0 Å². The summed E-state index contributed by atoms with van der Waals surface area (Å²) in [5.41, 5.74) is 4.79. The third kappa shape index (κ3) is 2.48. The number of aromatic hydroxyl groups is 1. The van der Waals surface area contributed by atoms with E-state index >= 15 is 0 Å². The Labute approximate surface area is 157 Å². The summed E-state index contributed by atoms with van der Waals surface area (Å²) in [4.78, 5) is 12.7. The van der Waals surface area contributed by atoms with Gasteiger partial charge in [0.2, 0.25) is 0 Å². The highest BCUT2D eigenvalue weighted by molar-refractivity contribution is 6.19. The van der Waals surface area contributed by atoms with E-state index in [1.807, 2.05) is 68.6 Å². The molecule has 3 aromatic carbocycles. The molecule has 0 bridgehead atoms. The number of nitrogens with zero attached hydrogens (tertiary/aromatic N) is 1. The number of fused-ring (bicyclic) bond motifs is 3. The van der Waals surface area contributed by atoms with E-state index in [9.17, 15) is 9.90 Å². The van der Waals surface area contributed by atoms with Crippen LogP contribution in [0.1, 0.15) is 22.8 Å². The van der Waals surface area contributed by atoms with Crippen LogP contribution < -0.4 is 0 Å². The van der Waals surface area contributed by atoms with Gasteiger partial charge in [0.05, 0.1) is 17.5 Å². The monoisotopic (exact) mass is 359 g/mol. The molecule has 4 aromatic rings. The number of esters is 1. The number of rotatable bonds is 3. The molecule has 0 aliphatic rings. The van der Waals surface area contributed by atoms with Crippen molar-refractivity contribution in [1.29, 1.82) is 0 Å². The van der Waals surface area contributed by atoms with Crippen molar-refractivity contribution < 1.29 is 14.6 Å². The number of hydrogen-bond acceptors (Lipinski definition) is 3. The maximum atomic E-state index is 12.7. The largest absolute Gasteiger partial charge is 0.506 e. The van der Waals surface area contributed by atoms with Crippen molar-refractivity contribution in [1.82, 2.24) is 4.57 Å². The Kier molecular flexibility index (Phi) is 4.11. The summed E-state index contributed by atoms with van der Waals surface area (Å²) in [6.07, 6.45) is 0. The van der Waals surface area contributed by atoms with Crippen molar-refractivity contribution in [3.05, 3.63) is 65.7 Å². The summed E-state index contributed by atoms with van der Waals surface area (Å²) >= 11 is 0. The van der Waals surface area contributed by atoms with Crippen molar-refractivity contribution >= 4 is 27.8 Å². The van der Waals surface area contributed by atoms with E-state index in [-0.39, 0.29) is 17.9 Å². The quantitative estimate of drug-likeness (QED) is 0.512. The lowest BCUT2D eigenvalue weighted by Gasteiger charge is -2.16. The lowest BCUT2D eigenvalue weighted by atomic mass is 9.92. The molecule has 0 spiro atoms.